The van der Waals surface area contributed by atoms with Crippen LogP contribution in [0.15, 0.2) is 0 Å². The second-order valence-electron chi connectivity index (χ2n) is 2.44. The standard InChI is InChI=1S/C7H15ClNOPS3/c1-3-10-11(13,9(2)7-12)14-6-4-5-8/h7H,3-6H2,1-2H3. The number of hydrogen-bond acceptors (Lipinski definition) is 4. The fraction of sp³-hybridized carbons (Fsp3) is 0.857. The topological polar surface area (TPSA) is 12.5 Å². The molecule has 14 heavy (non-hydrogen) atoms. The van der Waals surface area contributed by atoms with Crippen molar-refractivity contribution in [2.45, 2.75) is 13.3 Å². The van der Waals surface area contributed by atoms with Gasteiger partial charge in [-0.2, -0.15) is 0 Å². The van der Waals surface area contributed by atoms with E-state index in [1.807, 2.05) is 18.6 Å². The highest BCUT2D eigenvalue weighted by Gasteiger charge is 2.21. The lowest BCUT2D eigenvalue weighted by Crippen LogP contribution is -2.11. The molecule has 84 valence electrons. The van der Waals surface area contributed by atoms with Crippen LogP contribution in [0.2, 0.25) is 0 Å². The van der Waals surface area contributed by atoms with Crippen molar-refractivity contribution in [2.75, 3.05) is 25.3 Å². The van der Waals surface area contributed by atoms with Crippen molar-refractivity contribution < 1.29 is 4.52 Å². The molecule has 0 spiro atoms. The van der Waals surface area contributed by atoms with Gasteiger partial charge >= 0.3 is 0 Å². The van der Waals surface area contributed by atoms with Crippen molar-refractivity contribution in [2.24, 2.45) is 0 Å². The SMILES string of the molecule is CCOP(=S)(SCCCCl)N(C)C=S. The Kier molecular flexibility index (Phi) is 8.99. The van der Waals surface area contributed by atoms with E-state index in [9.17, 15) is 0 Å². The minimum Gasteiger partial charge on any atom is -0.327 e. The second-order valence-corrected chi connectivity index (χ2v) is 9.96. The Bertz CT molecular complexity index is 217. The van der Waals surface area contributed by atoms with Gasteiger partial charge in [0.05, 0.1) is 12.1 Å². The summed E-state index contributed by atoms with van der Waals surface area (Å²) in [5.74, 6) is 1.59. The first-order chi connectivity index (χ1) is 6.60. The van der Waals surface area contributed by atoms with E-state index >= 15 is 0 Å². The summed E-state index contributed by atoms with van der Waals surface area (Å²) in [4.78, 5) is 0. The number of rotatable bonds is 8. The van der Waals surface area contributed by atoms with Crippen LogP contribution in [0.3, 0.4) is 0 Å². The zero-order valence-electron chi connectivity index (χ0n) is 8.31. The van der Waals surface area contributed by atoms with Gasteiger partial charge in [-0.3, -0.25) is 0 Å². The molecule has 0 aromatic heterocycles. The molecule has 0 fully saturated rings. The Morgan fingerprint density at radius 3 is 2.71 bits per heavy atom. The Morgan fingerprint density at radius 2 is 2.29 bits per heavy atom. The molecule has 0 aliphatic carbocycles. The Balaban J connectivity index is 4.24. The minimum absolute atomic E-state index is 0.624. The largest absolute Gasteiger partial charge is 0.327 e. The summed E-state index contributed by atoms with van der Waals surface area (Å²) in [6.45, 7) is 2.57. The zero-order chi connectivity index (χ0) is 11.0. The van der Waals surface area contributed by atoms with Crippen LogP contribution in [-0.2, 0) is 16.3 Å². The van der Waals surface area contributed by atoms with Crippen LogP contribution in [0.5, 0.6) is 0 Å². The highest BCUT2D eigenvalue weighted by Crippen LogP contribution is 2.61. The predicted molar refractivity (Wildman–Crippen MR) is 75.1 cm³/mol. The first kappa shape index (κ1) is 15.1. The monoisotopic (exact) mass is 291 g/mol. The van der Waals surface area contributed by atoms with E-state index in [1.54, 1.807) is 16.9 Å². The summed E-state index contributed by atoms with van der Waals surface area (Å²) >= 11 is 17.6. The van der Waals surface area contributed by atoms with Crippen molar-refractivity contribution in [1.82, 2.24) is 4.67 Å². The smallest absolute Gasteiger partial charge is 0.213 e. The van der Waals surface area contributed by atoms with Crippen molar-refractivity contribution in [3.63, 3.8) is 0 Å². The average molecular weight is 292 g/mol. The maximum atomic E-state index is 5.60. The van der Waals surface area contributed by atoms with E-state index in [0.29, 0.717) is 12.5 Å². The van der Waals surface area contributed by atoms with Gasteiger partial charge in [0, 0.05) is 18.7 Å². The van der Waals surface area contributed by atoms with Crippen LogP contribution in [0.4, 0.5) is 0 Å². The van der Waals surface area contributed by atoms with Gasteiger partial charge in [0.25, 0.3) is 0 Å². The molecule has 0 bridgehead atoms. The van der Waals surface area contributed by atoms with Crippen LogP contribution in [0.1, 0.15) is 13.3 Å². The first-order valence-electron chi connectivity index (χ1n) is 4.24. The summed E-state index contributed by atoms with van der Waals surface area (Å²) in [5.41, 5.74) is -0.415. The van der Waals surface area contributed by atoms with E-state index in [4.69, 9.17) is 40.1 Å². The fourth-order valence-corrected chi connectivity index (χ4v) is 6.54. The van der Waals surface area contributed by atoms with Gasteiger partial charge in [0.1, 0.15) is 0 Å². The van der Waals surface area contributed by atoms with Crippen molar-refractivity contribution in [3.05, 3.63) is 0 Å². The lowest BCUT2D eigenvalue weighted by atomic mass is 10.6. The molecule has 0 aliphatic heterocycles. The minimum atomic E-state index is -1.98. The van der Waals surface area contributed by atoms with Gasteiger partial charge in [-0.1, -0.05) is 23.6 Å². The van der Waals surface area contributed by atoms with Gasteiger partial charge in [-0.15, -0.1) is 11.6 Å². The predicted octanol–water partition coefficient (Wildman–Crippen LogP) is 3.50. The van der Waals surface area contributed by atoms with Gasteiger partial charge in [0.15, 0.2) is 0 Å². The molecule has 0 heterocycles. The van der Waals surface area contributed by atoms with Crippen LogP contribution in [0.25, 0.3) is 0 Å². The number of thiocarbonyl (C=S) groups is 1. The molecule has 2 nitrogen and oxygen atoms in total. The van der Waals surface area contributed by atoms with E-state index in [-0.39, 0.29) is 0 Å². The summed E-state index contributed by atoms with van der Waals surface area (Å²) < 4.78 is 7.44. The molecule has 0 aromatic rings. The molecule has 0 saturated heterocycles. The molecule has 0 rings (SSSR count). The van der Waals surface area contributed by atoms with E-state index in [2.05, 4.69) is 0 Å². The van der Waals surface area contributed by atoms with Gasteiger partial charge in [0.2, 0.25) is 5.62 Å². The lowest BCUT2D eigenvalue weighted by Gasteiger charge is -2.28. The molecule has 0 amide bonds. The molecule has 0 radical (unpaired) electrons. The van der Waals surface area contributed by atoms with Crippen LogP contribution >= 0.6 is 40.8 Å². The van der Waals surface area contributed by atoms with E-state index < -0.39 is 5.62 Å². The van der Waals surface area contributed by atoms with Crippen molar-refractivity contribution in [3.8, 4) is 0 Å². The normalized spacial score (nSPS) is 14.8. The molecule has 0 saturated carbocycles. The van der Waals surface area contributed by atoms with Crippen molar-refractivity contribution in [1.29, 1.82) is 0 Å². The number of halogens is 1. The molecular formula is C7H15ClNOPS3. The molecule has 0 aromatic carbocycles. The quantitative estimate of drug-likeness (QED) is 0.293. The third-order valence-electron chi connectivity index (χ3n) is 1.36. The molecule has 0 N–H and O–H groups in total. The summed E-state index contributed by atoms with van der Waals surface area (Å²) in [6, 6.07) is 0. The van der Waals surface area contributed by atoms with Crippen molar-refractivity contribution >= 4 is 58.1 Å². The average Bonchev–Trinajstić information content (AvgIpc) is 2.17. The second kappa shape index (κ2) is 8.31. The molecule has 1 unspecified atom stereocenters. The Labute approximate surface area is 106 Å². The van der Waals surface area contributed by atoms with E-state index in [0.717, 1.165) is 12.2 Å². The first-order valence-corrected chi connectivity index (χ1v) is 9.51. The fourth-order valence-electron chi connectivity index (χ4n) is 0.675. The van der Waals surface area contributed by atoms with Crippen LogP contribution < -0.4 is 0 Å². The van der Waals surface area contributed by atoms with Crippen LogP contribution in [0, 0.1) is 0 Å². The summed E-state index contributed by atoms with van der Waals surface area (Å²) in [5, 5.41) is 0. The number of hydrogen-bond donors (Lipinski definition) is 0. The Morgan fingerprint density at radius 1 is 1.64 bits per heavy atom. The molecule has 0 aliphatic rings. The maximum absolute atomic E-state index is 5.60. The molecular weight excluding hydrogens is 277 g/mol. The van der Waals surface area contributed by atoms with Gasteiger partial charge in [-0.05, 0) is 25.2 Å². The van der Waals surface area contributed by atoms with Gasteiger partial charge < -0.3 is 9.19 Å². The summed E-state index contributed by atoms with van der Waals surface area (Å²) in [6.07, 6.45) is 0.947. The zero-order valence-corrected chi connectivity index (χ0v) is 12.4. The molecule has 1 atom stereocenters. The highest BCUT2D eigenvalue weighted by molar-refractivity contribution is 8.68. The third kappa shape index (κ3) is 5.29. The Hall–Kier alpha value is 1.14. The molecule has 7 heteroatoms. The third-order valence-corrected chi connectivity index (χ3v) is 9.03. The maximum Gasteiger partial charge on any atom is 0.213 e. The van der Waals surface area contributed by atoms with Crippen LogP contribution in [-0.4, -0.2) is 35.4 Å². The highest BCUT2D eigenvalue weighted by atomic mass is 35.5. The summed E-state index contributed by atoms with van der Waals surface area (Å²) in [7, 11) is 1.87. The van der Waals surface area contributed by atoms with Gasteiger partial charge in [-0.25, -0.2) is 0 Å². The number of alkyl halides is 1. The van der Waals surface area contributed by atoms with E-state index in [1.165, 1.54) is 0 Å². The number of nitrogens with zero attached hydrogens (tertiary/aromatic N) is 1. The lowest BCUT2D eigenvalue weighted by molar-refractivity contribution is 0.369.